The molecule has 2 heterocycles. The number of ether oxygens (including phenoxy) is 1. The number of morpholine rings is 1. The van der Waals surface area contributed by atoms with Gasteiger partial charge in [-0.1, -0.05) is 13.8 Å². The van der Waals surface area contributed by atoms with Gasteiger partial charge < -0.3 is 15.0 Å². The lowest BCUT2D eigenvalue weighted by molar-refractivity contribution is 0.0981. The molecule has 2 fully saturated rings. The lowest BCUT2D eigenvalue weighted by Crippen LogP contribution is -2.38. The summed E-state index contributed by atoms with van der Waals surface area (Å²) in [7, 11) is -3.61. The van der Waals surface area contributed by atoms with Gasteiger partial charge >= 0.3 is 0 Å². The second-order valence-corrected chi connectivity index (χ2v) is 12.1. The average molecular weight is 488 g/mol. The number of hydrogen-bond acceptors (Lipinski definition) is 6. The van der Waals surface area contributed by atoms with Crippen LogP contribution < -0.4 is 14.9 Å². The molecule has 1 saturated carbocycles. The van der Waals surface area contributed by atoms with Crippen LogP contribution >= 0.6 is 0 Å². The van der Waals surface area contributed by atoms with Crippen LogP contribution in [0.5, 0.6) is 0 Å². The number of anilines is 2. The molecule has 2 aliphatic heterocycles. The predicted molar refractivity (Wildman–Crippen MR) is 129 cm³/mol. The van der Waals surface area contributed by atoms with Crippen LogP contribution in [0, 0.1) is 11.2 Å². The van der Waals surface area contributed by atoms with E-state index in [4.69, 9.17) is 4.74 Å². The molecule has 1 unspecified atom stereocenters. The summed E-state index contributed by atoms with van der Waals surface area (Å²) in [4.78, 5) is 14.8. The maximum absolute atomic E-state index is 15.0. The summed E-state index contributed by atoms with van der Waals surface area (Å²) >= 11 is 0. The Kier molecular flexibility index (Phi) is 5.80. The number of hydrogen-bond donors (Lipinski definition) is 2. The molecule has 1 aliphatic carbocycles. The molecule has 1 atom stereocenters. The van der Waals surface area contributed by atoms with Crippen molar-refractivity contribution in [2.45, 2.75) is 44.4 Å². The Balaban J connectivity index is 1.40. The summed E-state index contributed by atoms with van der Waals surface area (Å²) < 4.78 is 47.0. The standard InChI is InChI=1S/C25H30FN3O4S/c1-25(2)15-17-13-16(24(30)28-34(31,32)19-5-6-19)3-8-22(17)27-23(25)20-14-18(4-7-21(20)26)29-9-11-33-12-10-29/h3-4,7-8,13-14,19,23,27H,5-6,9-12,15H2,1-2H3,(H,28,30). The van der Waals surface area contributed by atoms with Crippen LogP contribution in [-0.2, 0) is 21.2 Å². The van der Waals surface area contributed by atoms with Gasteiger partial charge in [0.05, 0.1) is 24.5 Å². The summed E-state index contributed by atoms with van der Waals surface area (Å²) in [6.45, 7) is 7.00. The molecule has 2 aromatic rings. The Morgan fingerprint density at radius 3 is 2.59 bits per heavy atom. The molecule has 9 heteroatoms. The van der Waals surface area contributed by atoms with Crippen LogP contribution in [0.25, 0.3) is 0 Å². The molecule has 5 rings (SSSR count). The molecular weight excluding hydrogens is 457 g/mol. The fraction of sp³-hybridized carbons (Fsp3) is 0.480. The van der Waals surface area contributed by atoms with E-state index in [0.717, 1.165) is 30.0 Å². The fourth-order valence-corrected chi connectivity index (χ4v) is 6.18. The number of nitrogens with one attached hydrogen (secondary N) is 2. The van der Waals surface area contributed by atoms with Gasteiger partial charge in [0.2, 0.25) is 10.0 Å². The van der Waals surface area contributed by atoms with Gasteiger partial charge in [0, 0.05) is 35.6 Å². The number of halogens is 1. The first kappa shape index (κ1) is 23.1. The maximum atomic E-state index is 15.0. The molecule has 3 aliphatic rings. The second-order valence-electron chi connectivity index (χ2n) is 10.1. The third-order valence-corrected chi connectivity index (χ3v) is 8.78. The highest BCUT2D eigenvalue weighted by molar-refractivity contribution is 7.91. The van der Waals surface area contributed by atoms with E-state index >= 15 is 4.39 Å². The van der Waals surface area contributed by atoms with Gasteiger partial charge in [0.25, 0.3) is 5.91 Å². The van der Waals surface area contributed by atoms with Gasteiger partial charge in [-0.05, 0) is 66.6 Å². The molecule has 182 valence electrons. The van der Waals surface area contributed by atoms with Crippen LogP contribution in [-0.4, -0.2) is 45.9 Å². The summed E-state index contributed by atoms with van der Waals surface area (Å²) in [6.07, 6.45) is 1.79. The first-order valence-corrected chi connectivity index (χ1v) is 13.3. The van der Waals surface area contributed by atoms with Gasteiger partial charge in [-0.3, -0.25) is 4.79 Å². The molecule has 0 bridgehead atoms. The van der Waals surface area contributed by atoms with Crippen molar-refractivity contribution in [2.24, 2.45) is 5.41 Å². The third-order valence-electron chi connectivity index (χ3n) is 6.96. The minimum atomic E-state index is -3.61. The zero-order chi connectivity index (χ0) is 24.1. The molecule has 0 radical (unpaired) electrons. The van der Waals surface area contributed by atoms with Crippen molar-refractivity contribution in [3.8, 4) is 0 Å². The van der Waals surface area contributed by atoms with Gasteiger partial charge in [-0.25, -0.2) is 17.5 Å². The number of carbonyl (C=O) groups excluding carboxylic acids is 1. The summed E-state index contributed by atoms with van der Waals surface area (Å²) in [6, 6.07) is 10.1. The van der Waals surface area contributed by atoms with E-state index in [0.29, 0.717) is 43.6 Å². The van der Waals surface area contributed by atoms with Crippen molar-refractivity contribution >= 4 is 27.3 Å². The van der Waals surface area contributed by atoms with Crippen molar-refractivity contribution in [3.63, 3.8) is 0 Å². The van der Waals surface area contributed by atoms with E-state index < -0.39 is 21.2 Å². The Bertz CT molecular complexity index is 1220. The van der Waals surface area contributed by atoms with E-state index in [1.807, 2.05) is 12.1 Å². The maximum Gasteiger partial charge on any atom is 0.264 e. The van der Waals surface area contributed by atoms with Crippen LogP contribution in [0.3, 0.4) is 0 Å². The van der Waals surface area contributed by atoms with Crippen molar-refractivity contribution in [3.05, 3.63) is 58.9 Å². The molecule has 2 aromatic carbocycles. The summed E-state index contributed by atoms with van der Waals surface area (Å²) in [5, 5.41) is 3.02. The minimum absolute atomic E-state index is 0.257. The molecule has 0 aromatic heterocycles. The number of carbonyl (C=O) groups is 1. The average Bonchev–Trinajstić information content (AvgIpc) is 3.65. The van der Waals surface area contributed by atoms with Crippen molar-refractivity contribution in [1.82, 2.24) is 4.72 Å². The summed E-state index contributed by atoms with van der Waals surface area (Å²) in [5.74, 6) is -0.869. The molecule has 2 N–H and O–H groups in total. The molecule has 34 heavy (non-hydrogen) atoms. The second kappa shape index (κ2) is 8.53. The highest BCUT2D eigenvalue weighted by atomic mass is 32.2. The Hall–Kier alpha value is -2.65. The quantitative estimate of drug-likeness (QED) is 0.670. The number of rotatable bonds is 5. The Morgan fingerprint density at radius 1 is 1.15 bits per heavy atom. The van der Waals surface area contributed by atoms with E-state index in [1.54, 1.807) is 18.2 Å². The van der Waals surface area contributed by atoms with E-state index in [9.17, 15) is 13.2 Å². The van der Waals surface area contributed by atoms with Crippen LogP contribution in [0.1, 0.15) is 54.2 Å². The van der Waals surface area contributed by atoms with Gasteiger partial charge in [-0.2, -0.15) is 0 Å². The van der Waals surface area contributed by atoms with Gasteiger partial charge in [0.1, 0.15) is 5.82 Å². The van der Waals surface area contributed by atoms with Crippen LogP contribution in [0.15, 0.2) is 36.4 Å². The molecular formula is C25H30FN3O4S. The number of nitrogens with zero attached hydrogens (tertiary/aromatic N) is 1. The highest BCUT2D eigenvalue weighted by Gasteiger charge is 2.39. The zero-order valence-corrected chi connectivity index (χ0v) is 20.3. The fourth-order valence-electron chi connectivity index (χ4n) is 4.88. The monoisotopic (exact) mass is 487 g/mol. The van der Waals surface area contributed by atoms with Crippen molar-refractivity contribution in [2.75, 3.05) is 36.5 Å². The lowest BCUT2D eigenvalue weighted by atomic mass is 9.72. The normalized spacial score (nSPS) is 22.0. The number of sulfonamides is 1. The molecule has 7 nitrogen and oxygen atoms in total. The topological polar surface area (TPSA) is 87.7 Å². The zero-order valence-electron chi connectivity index (χ0n) is 19.4. The number of benzene rings is 2. The predicted octanol–water partition coefficient (Wildman–Crippen LogP) is 3.62. The van der Waals surface area contributed by atoms with Crippen LogP contribution in [0.2, 0.25) is 0 Å². The largest absolute Gasteiger partial charge is 0.378 e. The first-order valence-electron chi connectivity index (χ1n) is 11.7. The SMILES string of the molecule is CC1(C)Cc2cc(C(=O)NS(=O)(=O)C3CC3)ccc2NC1c1cc(N2CCOCC2)ccc1F. The molecule has 1 saturated heterocycles. The summed E-state index contributed by atoms with van der Waals surface area (Å²) in [5.41, 5.74) is 3.26. The van der Waals surface area contributed by atoms with Crippen LogP contribution in [0.4, 0.5) is 15.8 Å². The smallest absolute Gasteiger partial charge is 0.264 e. The van der Waals surface area contributed by atoms with Gasteiger partial charge in [-0.15, -0.1) is 0 Å². The Labute approximate surface area is 199 Å². The lowest BCUT2D eigenvalue weighted by Gasteiger charge is -2.42. The molecule has 1 amide bonds. The van der Waals surface area contributed by atoms with E-state index in [-0.39, 0.29) is 17.3 Å². The Morgan fingerprint density at radius 2 is 1.88 bits per heavy atom. The van der Waals surface area contributed by atoms with Gasteiger partial charge in [0.15, 0.2) is 0 Å². The number of fused-ring (bicyclic) bond motifs is 1. The molecule has 0 spiro atoms. The van der Waals surface area contributed by atoms with Crippen molar-refractivity contribution in [1.29, 1.82) is 0 Å². The highest BCUT2D eigenvalue weighted by Crippen LogP contribution is 2.46. The minimum Gasteiger partial charge on any atom is -0.378 e. The number of amides is 1. The van der Waals surface area contributed by atoms with Crippen molar-refractivity contribution < 1.29 is 22.3 Å². The van der Waals surface area contributed by atoms with E-state index in [2.05, 4.69) is 28.8 Å². The third kappa shape index (κ3) is 4.51. The first-order chi connectivity index (χ1) is 16.1. The van der Waals surface area contributed by atoms with E-state index in [1.165, 1.54) is 6.07 Å².